The van der Waals surface area contributed by atoms with Gasteiger partial charge in [0, 0.05) is 10.6 Å². The summed E-state index contributed by atoms with van der Waals surface area (Å²) in [6.45, 7) is 1.74. The first-order valence-electron chi connectivity index (χ1n) is 9.11. The van der Waals surface area contributed by atoms with Crippen LogP contribution in [0.5, 0.6) is 11.5 Å². The Kier molecular flexibility index (Phi) is 6.00. The SMILES string of the molecule is CC(Oc1ccc2nc(-c3ccccc3OC(N)=O)sc2c1)c1c(Cl)ccc(F)c1Cl. The lowest BCUT2D eigenvalue weighted by molar-refractivity contribution is 0.211. The predicted molar refractivity (Wildman–Crippen MR) is 121 cm³/mol. The number of fused-ring (bicyclic) bond motifs is 1. The van der Waals surface area contributed by atoms with Gasteiger partial charge in [-0.1, -0.05) is 35.3 Å². The summed E-state index contributed by atoms with van der Waals surface area (Å²) in [7, 11) is 0. The van der Waals surface area contributed by atoms with Crippen LogP contribution in [0.15, 0.2) is 54.6 Å². The van der Waals surface area contributed by atoms with Crippen molar-refractivity contribution in [2.45, 2.75) is 13.0 Å². The van der Waals surface area contributed by atoms with E-state index in [0.29, 0.717) is 32.7 Å². The van der Waals surface area contributed by atoms with Crippen molar-refractivity contribution in [3.8, 4) is 22.1 Å². The number of aromatic nitrogens is 1. The molecule has 0 radical (unpaired) electrons. The van der Waals surface area contributed by atoms with Gasteiger partial charge in [0.2, 0.25) is 0 Å². The van der Waals surface area contributed by atoms with Gasteiger partial charge < -0.3 is 15.2 Å². The van der Waals surface area contributed by atoms with E-state index in [4.69, 9.17) is 38.4 Å². The summed E-state index contributed by atoms with van der Waals surface area (Å²) in [5.74, 6) is 0.318. The second kappa shape index (κ2) is 8.70. The number of primary amides is 1. The van der Waals surface area contributed by atoms with E-state index in [2.05, 4.69) is 4.98 Å². The number of carbonyl (C=O) groups is 1. The summed E-state index contributed by atoms with van der Waals surface area (Å²) in [6, 6.07) is 15.1. The minimum atomic E-state index is -0.895. The minimum absolute atomic E-state index is 0.0628. The predicted octanol–water partition coefficient (Wildman–Crippen LogP) is 7.01. The van der Waals surface area contributed by atoms with Crippen LogP contribution in [-0.2, 0) is 0 Å². The molecule has 158 valence electrons. The third kappa shape index (κ3) is 4.44. The smallest absolute Gasteiger partial charge is 0.409 e. The summed E-state index contributed by atoms with van der Waals surface area (Å²) in [6.07, 6.45) is -1.47. The van der Waals surface area contributed by atoms with Crippen LogP contribution in [0, 0.1) is 5.82 Å². The third-order valence-electron chi connectivity index (χ3n) is 4.49. The van der Waals surface area contributed by atoms with Crippen molar-refractivity contribution in [1.29, 1.82) is 0 Å². The van der Waals surface area contributed by atoms with Crippen LogP contribution < -0.4 is 15.2 Å². The molecule has 3 aromatic carbocycles. The van der Waals surface area contributed by atoms with Crippen molar-refractivity contribution in [2.24, 2.45) is 5.73 Å². The standard InChI is InChI=1S/C22H15Cl2FN2O3S/c1-11(19-14(23)7-8-15(25)20(19)24)29-12-6-9-16-18(10-12)31-21(27-16)13-4-2-3-5-17(13)30-22(26)28/h2-11H,1H3,(H2,26,28). The molecule has 0 fully saturated rings. The lowest BCUT2D eigenvalue weighted by Crippen LogP contribution is -2.16. The molecule has 0 aliphatic carbocycles. The average molecular weight is 477 g/mol. The van der Waals surface area contributed by atoms with E-state index in [0.717, 1.165) is 10.2 Å². The van der Waals surface area contributed by atoms with Gasteiger partial charge in [0.15, 0.2) is 0 Å². The van der Waals surface area contributed by atoms with Crippen LogP contribution in [0.4, 0.5) is 9.18 Å². The Hall–Kier alpha value is -2.87. The van der Waals surface area contributed by atoms with Crippen molar-refractivity contribution in [2.75, 3.05) is 0 Å². The number of nitrogens with zero attached hydrogens (tertiary/aromatic N) is 1. The fraction of sp³-hybridized carbons (Fsp3) is 0.0909. The highest BCUT2D eigenvalue weighted by Crippen LogP contribution is 2.39. The Morgan fingerprint density at radius 3 is 2.71 bits per heavy atom. The van der Waals surface area contributed by atoms with E-state index in [1.165, 1.54) is 23.5 Å². The molecule has 0 saturated carbocycles. The normalized spacial score (nSPS) is 12.0. The first-order chi connectivity index (χ1) is 14.8. The van der Waals surface area contributed by atoms with Gasteiger partial charge in [-0.25, -0.2) is 14.2 Å². The summed E-state index contributed by atoms with van der Waals surface area (Å²) in [4.78, 5) is 15.8. The van der Waals surface area contributed by atoms with Crippen LogP contribution in [0.25, 0.3) is 20.8 Å². The van der Waals surface area contributed by atoms with Crippen LogP contribution in [-0.4, -0.2) is 11.1 Å². The molecule has 1 unspecified atom stereocenters. The summed E-state index contributed by atoms with van der Waals surface area (Å²) in [5, 5.41) is 0.923. The molecular weight excluding hydrogens is 462 g/mol. The number of halogens is 3. The zero-order valence-corrected chi connectivity index (χ0v) is 18.4. The number of hydrogen-bond donors (Lipinski definition) is 1. The van der Waals surface area contributed by atoms with Crippen LogP contribution in [0.3, 0.4) is 0 Å². The number of rotatable bonds is 5. The third-order valence-corrected chi connectivity index (χ3v) is 6.25. The van der Waals surface area contributed by atoms with Gasteiger partial charge in [0.1, 0.15) is 28.4 Å². The molecule has 0 aliphatic heterocycles. The van der Waals surface area contributed by atoms with Gasteiger partial charge in [-0.05, 0) is 49.4 Å². The van der Waals surface area contributed by atoms with Gasteiger partial charge in [0.05, 0.1) is 20.8 Å². The monoisotopic (exact) mass is 476 g/mol. The second-order valence-electron chi connectivity index (χ2n) is 6.58. The molecule has 4 aromatic rings. The Bertz CT molecular complexity index is 1300. The zero-order valence-electron chi connectivity index (χ0n) is 16.1. The van der Waals surface area contributed by atoms with Gasteiger partial charge in [-0.15, -0.1) is 11.3 Å². The van der Waals surface area contributed by atoms with Gasteiger partial charge in [-0.2, -0.15) is 0 Å². The number of ether oxygens (including phenoxy) is 2. The lowest BCUT2D eigenvalue weighted by atomic mass is 10.1. The van der Waals surface area contributed by atoms with E-state index in [1.807, 2.05) is 18.2 Å². The number of benzene rings is 3. The van der Waals surface area contributed by atoms with E-state index < -0.39 is 18.0 Å². The maximum Gasteiger partial charge on any atom is 0.409 e. The summed E-state index contributed by atoms with van der Waals surface area (Å²) >= 11 is 13.7. The maximum atomic E-state index is 13.9. The summed E-state index contributed by atoms with van der Waals surface area (Å²) < 4.78 is 25.8. The Balaban J connectivity index is 1.65. The van der Waals surface area contributed by atoms with Crippen molar-refractivity contribution in [3.63, 3.8) is 0 Å². The number of hydrogen-bond acceptors (Lipinski definition) is 5. The van der Waals surface area contributed by atoms with Crippen LogP contribution in [0.1, 0.15) is 18.6 Å². The van der Waals surface area contributed by atoms with Crippen LogP contribution >= 0.6 is 34.5 Å². The number of carbonyl (C=O) groups excluding carboxylic acids is 1. The molecule has 1 amide bonds. The van der Waals surface area contributed by atoms with Gasteiger partial charge in [-0.3, -0.25) is 0 Å². The fourth-order valence-corrected chi connectivity index (χ4v) is 4.81. The minimum Gasteiger partial charge on any atom is -0.486 e. The Labute approximate surface area is 191 Å². The molecule has 0 saturated heterocycles. The first-order valence-corrected chi connectivity index (χ1v) is 10.7. The molecule has 1 atom stereocenters. The molecule has 1 heterocycles. The molecule has 2 N–H and O–H groups in total. The molecule has 0 bridgehead atoms. The highest BCUT2D eigenvalue weighted by Gasteiger charge is 2.19. The van der Waals surface area contributed by atoms with Crippen LogP contribution in [0.2, 0.25) is 10.0 Å². The van der Waals surface area contributed by atoms with Crippen molar-refractivity contribution >= 4 is 50.8 Å². The molecule has 0 spiro atoms. The molecule has 31 heavy (non-hydrogen) atoms. The molecule has 5 nitrogen and oxygen atoms in total. The maximum absolute atomic E-state index is 13.9. The van der Waals surface area contributed by atoms with E-state index in [1.54, 1.807) is 31.2 Å². The fourth-order valence-electron chi connectivity index (χ4n) is 3.11. The van der Waals surface area contributed by atoms with E-state index in [9.17, 15) is 9.18 Å². The van der Waals surface area contributed by atoms with Gasteiger partial charge in [0.25, 0.3) is 0 Å². The lowest BCUT2D eigenvalue weighted by Gasteiger charge is -2.18. The van der Waals surface area contributed by atoms with Gasteiger partial charge >= 0.3 is 6.09 Å². The summed E-state index contributed by atoms with van der Waals surface area (Å²) in [5.41, 5.74) is 6.93. The first kappa shape index (κ1) is 21.4. The number of thiazole rings is 1. The number of para-hydroxylation sites is 1. The van der Waals surface area contributed by atoms with E-state index >= 15 is 0 Å². The quantitative estimate of drug-likeness (QED) is 0.314. The van der Waals surface area contributed by atoms with Crippen molar-refractivity contribution in [1.82, 2.24) is 4.98 Å². The Morgan fingerprint density at radius 2 is 1.94 bits per heavy atom. The average Bonchev–Trinajstić information content (AvgIpc) is 3.14. The molecule has 9 heteroatoms. The second-order valence-corrected chi connectivity index (χ2v) is 8.40. The van der Waals surface area contributed by atoms with Crippen molar-refractivity contribution < 1.29 is 18.7 Å². The van der Waals surface area contributed by atoms with E-state index in [-0.39, 0.29) is 5.02 Å². The largest absolute Gasteiger partial charge is 0.486 e. The van der Waals surface area contributed by atoms with Crippen molar-refractivity contribution in [3.05, 3.63) is 76.0 Å². The molecule has 0 aliphatic rings. The Morgan fingerprint density at radius 1 is 1.16 bits per heavy atom. The number of amides is 1. The zero-order chi connectivity index (χ0) is 22.1. The topological polar surface area (TPSA) is 74.4 Å². The highest BCUT2D eigenvalue weighted by molar-refractivity contribution is 7.21. The highest BCUT2D eigenvalue weighted by atomic mass is 35.5. The molecule has 4 rings (SSSR count). The molecular formula is C22H15Cl2FN2O3S. The molecule has 1 aromatic heterocycles. The number of nitrogens with two attached hydrogens (primary N) is 1.